The molecule has 3 N–H and O–H groups in total. The average molecular weight is 264 g/mol. The largest absolute Gasteiger partial charge is 0.397 e. The average Bonchev–Trinajstić information content (AvgIpc) is 2.68. The van der Waals surface area contributed by atoms with Crippen LogP contribution < -0.4 is 11.1 Å². The number of thiophene rings is 1. The first-order valence-electron chi connectivity index (χ1n) is 5.94. The topological polar surface area (TPSA) is 80.9 Å². The van der Waals surface area contributed by atoms with Gasteiger partial charge in [0.15, 0.2) is 0 Å². The molecule has 18 heavy (non-hydrogen) atoms. The monoisotopic (exact) mass is 264 g/mol. The van der Waals surface area contributed by atoms with Crippen LogP contribution >= 0.6 is 11.3 Å². The third-order valence-corrected chi connectivity index (χ3v) is 3.83. The zero-order valence-electron chi connectivity index (χ0n) is 10.4. The Morgan fingerprint density at radius 2 is 2.39 bits per heavy atom. The molecule has 0 aromatic carbocycles. The van der Waals surface area contributed by atoms with E-state index < -0.39 is 0 Å². The number of rotatable bonds is 4. The molecule has 2 rings (SSSR count). The number of anilines is 1. The summed E-state index contributed by atoms with van der Waals surface area (Å²) in [6.07, 6.45) is 3.57. The van der Waals surface area contributed by atoms with Crippen molar-refractivity contribution in [2.24, 2.45) is 0 Å². The van der Waals surface area contributed by atoms with Crippen LogP contribution in [0, 0.1) is 0 Å². The number of carbonyl (C=O) groups is 1. The van der Waals surface area contributed by atoms with Gasteiger partial charge in [0.05, 0.1) is 11.9 Å². The van der Waals surface area contributed by atoms with Gasteiger partial charge in [-0.05, 0) is 19.4 Å². The first kappa shape index (κ1) is 12.8. The normalized spacial score (nSPS) is 12.6. The summed E-state index contributed by atoms with van der Waals surface area (Å²) in [7, 11) is 0. The van der Waals surface area contributed by atoms with Gasteiger partial charge in [-0.2, -0.15) is 5.10 Å². The maximum Gasteiger partial charge on any atom is 0.263 e. The van der Waals surface area contributed by atoms with Gasteiger partial charge < -0.3 is 11.1 Å². The van der Waals surface area contributed by atoms with E-state index in [-0.39, 0.29) is 11.9 Å². The summed E-state index contributed by atoms with van der Waals surface area (Å²) in [6.45, 7) is 4.08. The standard InChI is InChI=1S/C12H16N4OS/c1-3-4-7(2)15-11(17)10-9(13)8-5-6-14-16-12(8)18-10/h5-7H,3-4,13H2,1-2H3,(H,15,17). The highest BCUT2D eigenvalue weighted by atomic mass is 32.1. The van der Waals surface area contributed by atoms with E-state index in [0.717, 1.165) is 18.2 Å². The maximum atomic E-state index is 12.1. The van der Waals surface area contributed by atoms with Crippen molar-refractivity contribution in [2.45, 2.75) is 32.7 Å². The lowest BCUT2D eigenvalue weighted by molar-refractivity contribution is 0.0943. The predicted molar refractivity (Wildman–Crippen MR) is 73.7 cm³/mol. The smallest absolute Gasteiger partial charge is 0.263 e. The molecule has 1 atom stereocenters. The molecule has 0 saturated heterocycles. The number of carbonyl (C=O) groups excluding carboxylic acids is 1. The molecule has 0 radical (unpaired) electrons. The van der Waals surface area contributed by atoms with E-state index in [4.69, 9.17) is 5.73 Å². The molecule has 0 aliphatic carbocycles. The summed E-state index contributed by atoms with van der Waals surface area (Å²) in [4.78, 5) is 13.3. The molecule has 0 saturated carbocycles. The number of nitrogens with two attached hydrogens (primary N) is 1. The Hall–Kier alpha value is -1.69. The SMILES string of the molecule is CCCC(C)NC(=O)c1sc2nnccc2c1N. The van der Waals surface area contributed by atoms with Gasteiger partial charge in [-0.25, -0.2) is 0 Å². The number of hydrogen-bond acceptors (Lipinski definition) is 5. The molecule has 2 heterocycles. The van der Waals surface area contributed by atoms with Crippen LogP contribution in [0.2, 0.25) is 0 Å². The van der Waals surface area contributed by atoms with Gasteiger partial charge in [-0.15, -0.1) is 16.4 Å². The zero-order chi connectivity index (χ0) is 13.1. The van der Waals surface area contributed by atoms with Crippen molar-refractivity contribution in [2.75, 3.05) is 5.73 Å². The van der Waals surface area contributed by atoms with Crippen LogP contribution in [-0.4, -0.2) is 22.1 Å². The third-order valence-electron chi connectivity index (χ3n) is 2.73. The molecule has 2 aromatic heterocycles. The fourth-order valence-electron chi connectivity index (χ4n) is 1.84. The molecule has 96 valence electrons. The van der Waals surface area contributed by atoms with Gasteiger partial charge in [0, 0.05) is 11.4 Å². The number of nitrogens with one attached hydrogen (secondary N) is 1. The lowest BCUT2D eigenvalue weighted by Crippen LogP contribution is -2.32. The van der Waals surface area contributed by atoms with E-state index >= 15 is 0 Å². The highest BCUT2D eigenvalue weighted by Crippen LogP contribution is 2.31. The number of nitrogens with zero attached hydrogens (tertiary/aromatic N) is 2. The summed E-state index contributed by atoms with van der Waals surface area (Å²) in [5, 5.41) is 11.5. The number of fused-ring (bicyclic) bond motifs is 1. The van der Waals surface area contributed by atoms with Crippen molar-refractivity contribution in [3.63, 3.8) is 0 Å². The summed E-state index contributed by atoms with van der Waals surface area (Å²) in [6, 6.07) is 1.93. The van der Waals surface area contributed by atoms with Crippen LogP contribution in [0.1, 0.15) is 36.4 Å². The molecule has 0 bridgehead atoms. The second-order valence-corrected chi connectivity index (χ2v) is 5.26. The highest BCUT2D eigenvalue weighted by molar-refractivity contribution is 7.21. The van der Waals surface area contributed by atoms with E-state index in [1.807, 2.05) is 6.92 Å². The van der Waals surface area contributed by atoms with Crippen molar-refractivity contribution >= 4 is 33.1 Å². The molecular formula is C12H16N4OS. The molecule has 0 aliphatic rings. The van der Waals surface area contributed by atoms with Gasteiger partial charge in [0.2, 0.25) is 0 Å². The number of aromatic nitrogens is 2. The quantitative estimate of drug-likeness (QED) is 0.887. The minimum absolute atomic E-state index is 0.128. The number of hydrogen-bond donors (Lipinski definition) is 2. The van der Waals surface area contributed by atoms with Gasteiger partial charge in [-0.3, -0.25) is 4.79 Å². The summed E-state index contributed by atoms with van der Waals surface area (Å²) in [5.41, 5.74) is 6.46. The van der Waals surface area contributed by atoms with Crippen LogP contribution in [0.4, 0.5) is 5.69 Å². The molecule has 1 unspecified atom stereocenters. The van der Waals surface area contributed by atoms with Crippen LogP contribution in [0.15, 0.2) is 12.3 Å². The van der Waals surface area contributed by atoms with Crippen LogP contribution in [-0.2, 0) is 0 Å². The van der Waals surface area contributed by atoms with Crippen molar-refractivity contribution in [3.8, 4) is 0 Å². The van der Waals surface area contributed by atoms with Crippen molar-refractivity contribution < 1.29 is 4.79 Å². The zero-order valence-corrected chi connectivity index (χ0v) is 11.3. The summed E-state index contributed by atoms with van der Waals surface area (Å²) < 4.78 is 0. The second-order valence-electron chi connectivity index (χ2n) is 4.26. The lowest BCUT2D eigenvalue weighted by atomic mass is 10.2. The Labute approximate surface area is 109 Å². The van der Waals surface area contributed by atoms with Gasteiger partial charge in [0.25, 0.3) is 5.91 Å². The van der Waals surface area contributed by atoms with E-state index in [0.29, 0.717) is 15.4 Å². The van der Waals surface area contributed by atoms with E-state index in [1.54, 1.807) is 12.3 Å². The summed E-state index contributed by atoms with van der Waals surface area (Å²) in [5.74, 6) is -0.128. The first-order chi connectivity index (χ1) is 8.63. The Morgan fingerprint density at radius 3 is 3.06 bits per heavy atom. The Balaban J connectivity index is 2.25. The fraction of sp³-hybridized carbons (Fsp3) is 0.417. The molecule has 0 fully saturated rings. The molecule has 6 heteroatoms. The highest BCUT2D eigenvalue weighted by Gasteiger charge is 2.18. The molecular weight excluding hydrogens is 248 g/mol. The molecule has 5 nitrogen and oxygen atoms in total. The first-order valence-corrected chi connectivity index (χ1v) is 6.75. The molecule has 1 amide bonds. The second kappa shape index (κ2) is 5.30. The molecule has 0 spiro atoms. The molecule has 2 aromatic rings. The van der Waals surface area contributed by atoms with Crippen molar-refractivity contribution in [3.05, 3.63) is 17.1 Å². The van der Waals surface area contributed by atoms with Crippen molar-refractivity contribution in [1.82, 2.24) is 15.5 Å². The van der Waals surface area contributed by atoms with Gasteiger partial charge in [-0.1, -0.05) is 13.3 Å². The summed E-state index contributed by atoms with van der Waals surface area (Å²) >= 11 is 1.28. The van der Waals surface area contributed by atoms with Gasteiger partial charge >= 0.3 is 0 Å². The minimum atomic E-state index is -0.128. The van der Waals surface area contributed by atoms with Crippen LogP contribution in [0.5, 0.6) is 0 Å². The number of amides is 1. The predicted octanol–water partition coefficient (Wildman–Crippen LogP) is 2.19. The Bertz CT molecular complexity index is 566. The van der Waals surface area contributed by atoms with Crippen molar-refractivity contribution in [1.29, 1.82) is 0 Å². The minimum Gasteiger partial charge on any atom is -0.397 e. The third kappa shape index (κ3) is 2.43. The lowest BCUT2D eigenvalue weighted by Gasteiger charge is -2.11. The van der Waals surface area contributed by atoms with Crippen LogP contribution in [0.3, 0.4) is 0 Å². The molecule has 0 aliphatic heterocycles. The number of nitrogen functional groups attached to an aromatic ring is 1. The van der Waals surface area contributed by atoms with E-state index in [9.17, 15) is 4.79 Å². The van der Waals surface area contributed by atoms with Gasteiger partial charge in [0.1, 0.15) is 9.71 Å². The van der Waals surface area contributed by atoms with E-state index in [2.05, 4.69) is 22.4 Å². The maximum absolute atomic E-state index is 12.1. The fourth-order valence-corrected chi connectivity index (χ4v) is 2.78. The van der Waals surface area contributed by atoms with Crippen LogP contribution in [0.25, 0.3) is 10.2 Å². The Morgan fingerprint density at radius 1 is 1.61 bits per heavy atom. The Kier molecular flexibility index (Phi) is 3.76. The van der Waals surface area contributed by atoms with E-state index in [1.165, 1.54) is 11.3 Å².